The molecule has 1 aromatic heterocycles. The van der Waals surface area contributed by atoms with Crippen LogP contribution in [0.4, 0.5) is 17.8 Å². The second-order valence-electron chi connectivity index (χ2n) is 5.47. The van der Waals surface area contributed by atoms with Crippen LogP contribution in [0.2, 0.25) is 0 Å². The summed E-state index contributed by atoms with van der Waals surface area (Å²) in [4.78, 5) is 15.1. The van der Waals surface area contributed by atoms with E-state index in [1.165, 1.54) is 5.56 Å². The van der Waals surface area contributed by atoms with Crippen LogP contribution in [0.1, 0.15) is 32.3 Å². The fraction of sp³-hybridized carbons (Fsp3) is 0.471. The quantitative estimate of drug-likeness (QED) is 0.741. The van der Waals surface area contributed by atoms with E-state index in [9.17, 15) is 0 Å². The lowest BCUT2D eigenvalue weighted by molar-refractivity contribution is 0.719. The summed E-state index contributed by atoms with van der Waals surface area (Å²) in [5, 5.41) is 3.24. The molecule has 0 unspecified atom stereocenters. The minimum atomic E-state index is 0.259. The molecule has 0 amide bonds. The van der Waals surface area contributed by atoms with Crippen molar-refractivity contribution in [1.29, 1.82) is 0 Å². The second-order valence-corrected chi connectivity index (χ2v) is 5.47. The Bertz CT molecular complexity index is 581. The summed E-state index contributed by atoms with van der Waals surface area (Å²) in [6, 6.07) is 10.3. The molecule has 3 N–H and O–H groups in total. The number of nitrogens with one attached hydrogen (secondary N) is 1. The summed E-state index contributed by atoms with van der Waals surface area (Å²) in [5.41, 5.74) is 7.12. The summed E-state index contributed by atoms with van der Waals surface area (Å²) in [7, 11) is 0. The molecule has 0 aliphatic heterocycles. The Morgan fingerprint density at radius 1 is 1.00 bits per heavy atom. The Morgan fingerprint density at radius 3 is 2.35 bits per heavy atom. The largest absolute Gasteiger partial charge is 0.368 e. The van der Waals surface area contributed by atoms with E-state index < -0.39 is 0 Å². The van der Waals surface area contributed by atoms with Crippen LogP contribution in [-0.4, -0.2) is 34.6 Å². The maximum atomic E-state index is 5.84. The molecule has 0 radical (unpaired) electrons. The highest BCUT2D eigenvalue weighted by Crippen LogP contribution is 2.13. The van der Waals surface area contributed by atoms with Crippen molar-refractivity contribution < 1.29 is 0 Å². The third-order valence-corrected chi connectivity index (χ3v) is 3.45. The van der Waals surface area contributed by atoms with Crippen molar-refractivity contribution in [3.8, 4) is 0 Å². The third kappa shape index (κ3) is 5.39. The fourth-order valence-electron chi connectivity index (χ4n) is 2.42. The Balaban J connectivity index is 2.01. The van der Waals surface area contributed by atoms with Crippen molar-refractivity contribution in [3.63, 3.8) is 0 Å². The fourth-order valence-corrected chi connectivity index (χ4v) is 2.42. The number of hydrogen-bond acceptors (Lipinski definition) is 6. The molecule has 23 heavy (non-hydrogen) atoms. The molecule has 0 saturated carbocycles. The van der Waals surface area contributed by atoms with E-state index in [0.29, 0.717) is 11.9 Å². The second kappa shape index (κ2) is 8.92. The lowest BCUT2D eigenvalue weighted by Crippen LogP contribution is -2.28. The highest BCUT2D eigenvalue weighted by Gasteiger charge is 2.11. The monoisotopic (exact) mass is 314 g/mol. The molecule has 0 atom stereocenters. The first-order chi connectivity index (χ1) is 11.2. The van der Waals surface area contributed by atoms with E-state index in [0.717, 1.165) is 38.9 Å². The van der Waals surface area contributed by atoms with Gasteiger partial charge in [0.15, 0.2) is 0 Å². The van der Waals surface area contributed by atoms with Gasteiger partial charge in [-0.05, 0) is 24.8 Å². The van der Waals surface area contributed by atoms with Crippen molar-refractivity contribution in [2.24, 2.45) is 0 Å². The van der Waals surface area contributed by atoms with Crippen LogP contribution in [-0.2, 0) is 6.42 Å². The zero-order valence-corrected chi connectivity index (χ0v) is 14.0. The van der Waals surface area contributed by atoms with Crippen LogP contribution in [0.15, 0.2) is 30.3 Å². The first-order valence-corrected chi connectivity index (χ1v) is 8.27. The van der Waals surface area contributed by atoms with Crippen LogP contribution < -0.4 is 16.0 Å². The van der Waals surface area contributed by atoms with E-state index in [4.69, 9.17) is 5.73 Å². The van der Waals surface area contributed by atoms with Gasteiger partial charge in [-0.25, -0.2) is 0 Å². The zero-order valence-electron chi connectivity index (χ0n) is 14.0. The van der Waals surface area contributed by atoms with Gasteiger partial charge in [0.1, 0.15) is 0 Å². The Hall–Kier alpha value is -2.37. The number of anilines is 3. The minimum absolute atomic E-state index is 0.259. The standard InChI is InChI=1S/C17H26N6/c1-3-12-23(13-4-2)17-21-15(18)20-16(22-17)19-11-10-14-8-6-5-7-9-14/h5-9H,3-4,10-13H2,1-2H3,(H3,18,19,20,21,22). The molecule has 1 heterocycles. The Kier molecular flexibility index (Phi) is 6.59. The summed E-state index contributed by atoms with van der Waals surface area (Å²) < 4.78 is 0. The minimum Gasteiger partial charge on any atom is -0.368 e. The molecule has 124 valence electrons. The van der Waals surface area contributed by atoms with E-state index >= 15 is 0 Å². The molecule has 0 bridgehead atoms. The molecule has 0 aliphatic carbocycles. The normalized spacial score (nSPS) is 10.5. The Labute approximate surface area is 138 Å². The highest BCUT2D eigenvalue weighted by molar-refractivity contribution is 5.42. The number of nitrogen functional groups attached to an aromatic ring is 1. The van der Waals surface area contributed by atoms with Crippen LogP contribution in [0.5, 0.6) is 0 Å². The number of nitrogens with two attached hydrogens (primary N) is 1. The first-order valence-electron chi connectivity index (χ1n) is 8.27. The van der Waals surface area contributed by atoms with Crippen molar-refractivity contribution in [2.45, 2.75) is 33.1 Å². The van der Waals surface area contributed by atoms with Gasteiger partial charge >= 0.3 is 0 Å². The van der Waals surface area contributed by atoms with Gasteiger partial charge in [0.05, 0.1) is 0 Å². The lowest BCUT2D eigenvalue weighted by atomic mass is 10.1. The molecule has 2 rings (SSSR count). The topological polar surface area (TPSA) is 80.0 Å². The number of aromatic nitrogens is 3. The van der Waals surface area contributed by atoms with Gasteiger partial charge in [0.2, 0.25) is 17.8 Å². The maximum absolute atomic E-state index is 5.84. The molecular weight excluding hydrogens is 288 g/mol. The maximum Gasteiger partial charge on any atom is 0.231 e. The van der Waals surface area contributed by atoms with Gasteiger partial charge in [0, 0.05) is 19.6 Å². The number of nitrogens with zero attached hydrogens (tertiary/aromatic N) is 4. The molecule has 0 spiro atoms. The van der Waals surface area contributed by atoms with Gasteiger partial charge in [-0.3, -0.25) is 0 Å². The molecule has 0 saturated heterocycles. The predicted octanol–water partition coefficient (Wildman–Crippen LogP) is 2.73. The number of benzene rings is 1. The van der Waals surface area contributed by atoms with Crippen LogP contribution in [0, 0.1) is 0 Å². The van der Waals surface area contributed by atoms with Gasteiger partial charge in [-0.15, -0.1) is 0 Å². The average Bonchev–Trinajstić information content (AvgIpc) is 2.55. The molecule has 6 nitrogen and oxygen atoms in total. The van der Waals surface area contributed by atoms with Crippen LogP contribution in [0.3, 0.4) is 0 Å². The number of hydrogen-bond donors (Lipinski definition) is 2. The summed E-state index contributed by atoms with van der Waals surface area (Å²) in [6.45, 7) is 6.88. The van der Waals surface area contributed by atoms with E-state index in [1.54, 1.807) is 0 Å². The van der Waals surface area contributed by atoms with E-state index in [1.807, 2.05) is 18.2 Å². The third-order valence-electron chi connectivity index (χ3n) is 3.45. The van der Waals surface area contributed by atoms with Crippen LogP contribution >= 0.6 is 0 Å². The van der Waals surface area contributed by atoms with Gasteiger partial charge in [-0.2, -0.15) is 15.0 Å². The molecule has 0 aliphatic rings. The Morgan fingerprint density at radius 2 is 1.70 bits per heavy atom. The smallest absolute Gasteiger partial charge is 0.231 e. The molecule has 1 aromatic carbocycles. The molecular formula is C17H26N6. The van der Waals surface area contributed by atoms with Crippen molar-refractivity contribution in [1.82, 2.24) is 15.0 Å². The highest BCUT2D eigenvalue weighted by atomic mass is 15.3. The number of rotatable bonds is 9. The summed E-state index contributed by atoms with van der Waals surface area (Å²) in [6.07, 6.45) is 3.00. The lowest BCUT2D eigenvalue weighted by Gasteiger charge is -2.21. The van der Waals surface area contributed by atoms with E-state index in [-0.39, 0.29) is 5.95 Å². The summed E-state index contributed by atoms with van der Waals surface area (Å²) in [5.74, 6) is 1.46. The first kappa shape index (κ1) is 17.0. The SMILES string of the molecule is CCCN(CCC)c1nc(N)nc(NCCc2ccccc2)n1. The van der Waals surface area contributed by atoms with Crippen molar-refractivity contribution in [2.75, 3.05) is 35.6 Å². The summed E-state index contributed by atoms with van der Waals surface area (Å²) >= 11 is 0. The van der Waals surface area contributed by atoms with Gasteiger partial charge in [-0.1, -0.05) is 44.2 Å². The van der Waals surface area contributed by atoms with Gasteiger partial charge < -0.3 is 16.0 Å². The zero-order chi connectivity index (χ0) is 16.5. The van der Waals surface area contributed by atoms with Crippen LogP contribution in [0.25, 0.3) is 0 Å². The molecule has 0 fully saturated rings. The average molecular weight is 314 g/mol. The molecule has 2 aromatic rings. The predicted molar refractivity (Wildman–Crippen MR) is 95.7 cm³/mol. The van der Waals surface area contributed by atoms with E-state index in [2.05, 4.69) is 51.1 Å². The van der Waals surface area contributed by atoms with Gasteiger partial charge in [0.25, 0.3) is 0 Å². The van der Waals surface area contributed by atoms with Crippen molar-refractivity contribution >= 4 is 17.8 Å². The molecule has 6 heteroatoms. The van der Waals surface area contributed by atoms with Crippen molar-refractivity contribution in [3.05, 3.63) is 35.9 Å².